The minimum absolute atomic E-state index is 0.0914. The van der Waals surface area contributed by atoms with Gasteiger partial charge < -0.3 is 4.42 Å². The monoisotopic (exact) mass is 285 g/mol. The van der Waals surface area contributed by atoms with Crippen LogP contribution >= 0.6 is 27.3 Å². The van der Waals surface area contributed by atoms with E-state index in [0.29, 0.717) is 21.7 Å². The number of ketones is 1. The third-order valence-electron chi connectivity index (χ3n) is 1.98. The van der Waals surface area contributed by atoms with Crippen LogP contribution in [0, 0.1) is 13.8 Å². The molecule has 0 amide bonds. The summed E-state index contributed by atoms with van der Waals surface area (Å²) >= 11 is 4.66. The van der Waals surface area contributed by atoms with Crippen molar-refractivity contribution in [1.82, 2.24) is 4.98 Å². The smallest absolute Gasteiger partial charge is 0.215 e. The molecule has 2 rings (SSSR count). The lowest BCUT2D eigenvalue weighted by molar-refractivity contribution is 0.103. The first-order valence-corrected chi connectivity index (χ1v) is 5.98. The van der Waals surface area contributed by atoms with Crippen molar-refractivity contribution in [3.63, 3.8) is 0 Å². The summed E-state index contributed by atoms with van der Waals surface area (Å²) in [6.07, 6.45) is 0. The van der Waals surface area contributed by atoms with Crippen LogP contribution in [-0.4, -0.2) is 10.8 Å². The van der Waals surface area contributed by atoms with E-state index in [9.17, 15) is 4.79 Å². The van der Waals surface area contributed by atoms with E-state index in [0.717, 1.165) is 5.01 Å². The van der Waals surface area contributed by atoms with Crippen LogP contribution in [0.5, 0.6) is 0 Å². The molecule has 3 nitrogen and oxygen atoms in total. The summed E-state index contributed by atoms with van der Waals surface area (Å²) in [7, 11) is 0. The number of aryl methyl sites for hydroxylation is 2. The van der Waals surface area contributed by atoms with E-state index >= 15 is 0 Å². The van der Waals surface area contributed by atoms with Gasteiger partial charge in [0.15, 0.2) is 4.67 Å². The normalized spacial score (nSPS) is 10.6. The fourth-order valence-corrected chi connectivity index (χ4v) is 2.34. The predicted molar refractivity (Wildman–Crippen MR) is 61.4 cm³/mol. The van der Waals surface area contributed by atoms with Crippen LogP contribution in [0.2, 0.25) is 0 Å². The van der Waals surface area contributed by atoms with Crippen LogP contribution in [0.1, 0.15) is 26.8 Å². The fraction of sp³-hybridized carbons (Fsp3) is 0.200. The molecule has 2 heterocycles. The van der Waals surface area contributed by atoms with Gasteiger partial charge in [0.2, 0.25) is 5.78 Å². The zero-order chi connectivity index (χ0) is 11.0. The number of rotatable bonds is 2. The average Bonchev–Trinajstić information content (AvgIpc) is 2.71. The number of carbonyl (C=O) groups excluding carboxylic acids is 1. The number of furan rings is 1. The van der Waals surface area contributed by atoms with E-state index in [1.165, 1.54) is 11.3 Å². The summed E-state index contributed by atoms with van der Waals surface area (Å²) in [5, 5.41) is 2.65. The van der Waals surface area contributed by atoms with Crippen molar-refractivity contribution in [2.75, 3.05) is 0 Å². The zero-order valence-electron chi connectivity index (χ0n) is 8.20. The van der Waals surface area contributed by atoms with Crippen LogP contribution in [0.4, 0.5) is 0 Å². The van der Waals surface area contributed by atoms with Gasteiger partial charge in [0.05, 0.1) is 10.6 Å². The molecule has 78 valence electrons. The van der Waals surface area contributed by atoms with Crippen molar-refractivity contribution in [3.05, 3.63) is 38.1 Å². The Balaban J connectivity index is 2.40. The van der Waals surface area contributed by atoms with Crippen LogP contribution in [0.25, 0.3) is 0 Å². The molecular weight excluding hydrogens is 278 g/mol. The van der Waals surface area contributed by atoms with Crippen molar-refractivity contribution in [1.29, 1.82) is 0 Å². The quantitative estimate of drug-likeness (QED) is 0.795. The molecule has 0 unspecified atom stereocenters. The van der Waals surface area contributed by atoms with Crippen molar-refractivity contribution < 1.29 is 9.21 Å². The maximum absolute atomic E-state index is 12.0. The molecule has 2 aromatic heterocycles. The Kier molecular flexibility index (Phi) is 2.75. The van der Waals surface area contributed by atoms with Gasteiger partial charge in [0.1, 0.15) is 11.5 Å². The third kappa shape index (κ3) is 2.03. The average molecular weight is 286 g/mol. The second kappa shape index (κ2) is 3.90. The Bertz CT molecular complexity index is 515. The maximum Gasteiger partial charge on any atom is 0.215 e. The van der Waals surface area contributed by atoms with Gasteiger partial charge in [0.25, 0.3) is 0 Å². The van der Waals surface area contributed by atoms with Gasteiger partial charge in [-0.1, -0.05) is 0 Å². The van der Waals surface area contributed by atoms with Gasteiger partial charge in [-0.2, -0.15) is 0 Å². The Labute approximate surface area is 99.3 Å². The summed E-state index contributed by atoms with van der Waals surface area (Å²) in [6.45, 7) is 3.64. The van der Waals surface area contributed by atoms with Gasteiger partial charge in [0, 0.05) is 11.4 Å². The predicted octanol–water partition coefficient (Wildman–Crippen LogP) is 3.35. The Morgan fingerprint density at radius 1 is 1.53 bits per heavy atom. The standard InChI is InChI=1S/C10H8BrNO2S/c1-5-7(3-9(11)14-5)10(13)8-4-15-6(2)12-8/h3-4H,1-2H3. The van der Waals surface area contributed by atoms with Crippen LogP contribution in [-0.2, 0) is 0 Å². The lowest BCUT2D eigenvalue weighted by Crippen LogP contribution is -2.01. The van der Waals surface area contributed by atoms with Gasteiger partial charge in [-0.05, 0) is 29.8 Å². The minimum Gasteiger partial charge on any atom is -0.454 e. The molecule has 2 aromatic rings. The number of hydrogen-bond acceptors (Lipinski definition) is 4. The molecule has 0 aliphatic carbocycles. The number of thiazole rings is 1. The summed E-state index contributed by atoms with van der Waals surface area (Å²) in [4.78, 5) is 16.1. The van der Waals surface area contributed by atoms with Crippen LogP contribution in [0.15, 0.2) is 20.5 Å². The van der Waals surface area contributed by atoms with Crippen molar-refractivity contribution in [2.45, 2.75) is 13.8 Å². The highest BCUT2D eigenvalue weighted by molar-refractivity contribution is 9.10. The highest BCUT2D eigenvalue weighted by atomic mass is 79.9. The molecule has 5 heteroatoms. The van der Waals surface area contributed by atoms with Crippen molar-refractivity contribution in [3.8, 4) is 0 Å². The molecule has 0 aliphatic heterocycles. The van der Waals surface area contributed by atoms with E-state index in [4.69, 9.17) is 4.42 Å². The third-order valence-corrected chi connectivity index (χ3v) is 3.15. The summed E-state index contributed by atoms with van der Waals surface area (Å²) < 4.78 is 5.80. The number of hydrogen-bond donors (Lipinski definition) is 0. The van der Waals surface area contributed by atoms with E-state index in [-0.39, 0.29) is 5.78 Å². The lowest BCUT2D eigenvalue weighted by atomic mass is 10.1. The molecule has 0 aliphatic rings. The van der Waals surface area contributed by atoms with Gasteiger partial charge >= 0.3 is 0 Å². The van der Waals surface area contributed by atoms with E-state index in [1.54, 1.807) is 18.4 Å². The zero-order valence-corrected chi connectivity index (χ0v) is 10.6. The molecule has 0 saturated carbocycles. The Hall–Kier alpha value is -0.940. The second-order valence-electron chi connectivity index (χ2n) is 3.10. The number of carbonyl (C=O) groups is 1. The van der Waals surface area contributed by atoms with Crippen LogP contribution in [0.3, 0.4) is 0 Å². The fourth-order valence-electron chi connectivity index (χ4n) is 1.28. The molecule has 0 spiro atoms. The summed E-state index contributed by atoms with van der Waals surface area (Å²) in [6, 6.07) is 1.67. The molecule has 0 aromatic carbocycles. The number of halogens is 1. The number of aromatic nitrogens is 1. The van der Waals surface area contributed by atoms with Gasteiger partial charge in [-0.15, -0.1) is 11.3 Å². The van der Waals surface area contributed by atoms with Gasteiger partial charge in [-0.3, -0.25) is 4.79 Å². The van der Waals surface area contributed by atoms with Crippen molar-refractivity contribution in [2.24, 2.45) is 0 Å². The molecule has 0 N–H and O–H groups in total. The van der Waals surface area contributed by atoms with E-state index < -0.39 is 0 Å². The summed E-state index contributed by atoms with van der Waals surface area (Å²) in [5.74, 6) is 0.517. The molecular formula is C10H8BrNO2S. The molecule has 0 fully saturated rings. The first kappa shape index (κ1) is 10.6. The Morgan fingerprint density at radius 3 is 2.73 bits per heavy atom. The number of nitrogens with zero attached hydrogens (tertiary/aromatic N) is 1. The largest absolute Gasteiger partial charge is 0.454 e. The molecule has 15 heavy (non-hydrogen) atoms. The van der Waals surface area contributed by atoms with Crippen LogP contribution < -0.4 is 0 Å². The SMILES string of the molecule is Cc1nc(C(=O)c2cc(Br)oc2C)cs1. The molecule has 0 bridgehead atoms. The molecule has 0 saturated heterocycles. The van der Waals surface area contributed by atoms with E-state index in [2.05, 4.69) is 20.9 Å². The first-order valence-electron chi connectivity index (χ1n) is 4.30. The summed E-state index contributed by atoms with van der Waals surface area (Å²) in [5.41, 5.74) is 1.04. The van der Waals surface area contributed by atoms with E-state index in [1.807, 2.05) is 6.92 Å². The minimum atomic E-state index is -0.0914. The maximum atomic E-state index is 12.0. The van der Waals surface area contributed by atoms with Crippen molar-refractivity contribution >= 4 is 33.0 Å². The first-order chi connectivity index (χ1) is 7.08. The lowest BCUT2D eigenvalue weighted by Gasteiger charge is -1.92. The van der Waals surface area contributed by atoms with Gasteiger partial charge in [-0.25, -0.2) is 4.98 Å². The Morgan fingerprint density at radius 2 is 2.27 bits per heavy atom. The molecule has 0 atom stereocenters. The highest BCUT2D eigenvalue weighted by Gasteiger charge is 2.17. The highest BCUT2D eigenvalue weighted by Crippen LogP contribution is 2.22. The second-order valence-corrected chi connectivity index (χ2v) is 4.95. The topological polar surface area (TPSA) is 43.1 Å². The molecule has 0 radical (unpaired) electrons.